The third-order valence-corrected chi connectivity index (χ3v) is 3.15. The number of carbonyl (C=O) groups excluding carboxylic acids is 1. The Bertz CT molecular complexity index is 295. The van der Waals surface area contributed by atoms with Gasteiger partial charge in [-0.05, 0) is 26.7 Å². The molecule has 0 aromatic rings. The summed E-state index contributed by atoms with van der Waals surface area (Å²) in [4.78, 5) is 10.8. The molecule has 0 spiro atoms. The number of hydrogen-bond acceptors (Lipinski definition) is 3. The number of rotatable bonds is 5. The van der Waals surface area contributed by atoms with Crippen molar-refractivity contribution in [3.8, 4) is 0 Å². The van der Waals surface area contributed by atoms with Crippen LogP contribution in [0.4, 0.5) is 0 Å². The SMILES string of the molecule is CC(=O)C(C)NS(=O)(=O)NC1CC1. The maximum Gasteiger partial charge on any atom is 0.277 e. The van der Waals surface area contributed by atoms with Crippen molar-refractivity contribution in [3.05, 3.63) is 0 Å². The van der Waals surface area contributed by atoms with Crippen LogP contribution >= 0.6 is 0 Å². The zero-order valence-electron chi connectivity index (χ0n) is 7.70. The van der Waals surface area contributed by atoms with E-state index in [0.717, 1.165) is 12.8 Å². The molecule has 1 fully saturated rings. The first-order valence-corrected chi connectivity index (χ1v) is 5.69. The Morgan fingerprint density at radius 3 is 2.38 bits per heavy atom. The van der Waals surface area contributed by atoms with E-state index in [1.807, 2.05) is 0 Å². The van der Waals surface area contributed by atoms with Gasteiger partial charge in [0.05, 0.1) is 6.04 Å². The predicted octanol–water partition coefficient (Wildman–Crippen LogP) is -0.450. The molecule has 76 valence electrons. The molecule has 1 saturated carbocycles. The van der Waals surface area contributed by atoms with Crippen LogP contribution in [0.5, 0.6) is 0 Å². The van der Waals surface area contributed by atoms with Crippen molar-refractivity contribution in [2.75, 3.05) is 0 Å². The van der Waals surface area contributed by atoms with Crippen molar-refractivity contribution in [1.29, 1.82) is 0 Å². The van der Waals surface area contributed by atoms with Gasteiger partial charge >= 0.3 is 0 Å². The van der Waals surface area contributed by atoms with E-state index in [9.17, 15) is 13.2 Å². The van der Waals surface area contributed by atoms with Crippen LogP contribution in [0.2, 0.25) is 0 Å². The van der Waals surface area contributed by atoms with Crippen LogP contribution in [0.1, 0.15) is 26.7 Å². The smallest absolute Gasteiger partial charge is 0.277 e. The lowest BCUT2D eigenvalue weighted by molar-refractivity contribution is -0.118. The zero-order valence-corrected chi connectivity index (χ0v) is 8.52. The fraction of sp³-hybridized carbons (Fsp3) is 0.857. The van der Waals surface area contributed by atoms with E-state index in [-0.39, 0.29) is 11.8 Å². The van der Waals surface area contributed by atoms with E-state index in [2.05, 4.69) is 9.44 Å². The van der Waals surface area contributed by atoms with Gasteiger partial charge in [0, 0.05) is 6.04 Å². The van der Waals surface area contributed by atoms with Gasteiger partial charge in [-0.25, -0.2) is 0 Å². The third kappa shape index (κ3) is 3.84. The second-order valence-corrected chi connectivity index (χ2v) is 4.82. The van der Waals surface area contributed by atoms with Crippen molar-refractivity contribution >= 4 is 16.0 Å². The predicted molar refractivity (Wildman–Crippen MR) is 48.4 cm³/mol. The minimum atomic E-state index is -3.48. The van der Waals surface area contributed by atoms with Crippen LogP contribution in [0.25, 0.3) is 0 Å². The Morgan fingerprint density at radius 1 is 1.46 bits per heavy atom. The van der Waals surface area contributed by atoms with E-state index in [1.165, 1.54) is 13.8 Å². The highest BCUT2D eigenvalue weighted by molar-refractivity contribution is 7.87. The second-order valence-electron chi connectivity index (χ2n) is 3.35. The molecule has 0 aromatic heterocycles. The first-order chi connectivity index (χ1) is 5.91. The summed E-state index contributed by atoms with van der Waals surface area (Å²) in [7, 11) is -3.48. The molecule has 0 heterocycles. The van der Waals surface area contributed by atoms with Crippen molar-refractivity contribution in [2.24, 2.45) is 0 Å². The fourth-order valence-electron chi connectivity index (χ4n) is 0.770. The molecule has 0 aromatic carbocycles. The van der Waals surface area contributed by atoms with Crippen LogP contribution < -0.4 is 9.44 Å². The van der Waals surface area contributed by atoms with Gasteiger partial charge in [0.1, 0.15) is 5.78 Å². The van der Waals surface area contributed by atoms with Crippen molar-refractivity contribution in [3.63, 3.8) is 0 Å². The van der Waals surface area contributed by atoms with E-state index < -0.39 is 16.3 Å². The minimum Gasteiger partial charge on any atom is -0.298 e. The second kappa shape index (κ2) is 3.73. The summed E-state index contributed by atoms with van der Waals surface area (Å²) in [6.45, 7) is 2.87. The first-order valence-electron chi connectivity index (χ1n) is 4.21. The lowest BCUT2D eigenvalue weighted by Crippen LogP contribution is -2.44. The molecule has 1 aliphatic carbocycles. The highest BCUT2D eigenvalue weighted by atomic mass is 32.2. The third-order valence-electron chi connectivity index (χ3n) is 1.84. The molecular weight excluding hydrogens is 192 g/mol. The van der Waals surface area contributed by atoms with Gasteiger partial charge in [-0.3, -0.25) is 4.79 Å². The van der Waals surface area contributed by atoms with E-state index in [0.29, 0.717) is 0 Å². The molecule has 0 radical (unpaired) electrons. The zero-order chi connectivity index (χ0) is 10.1. The number of hydrogen-bond donors (Lipinski definition) is 2. The average molecular weight is 206 g/mol. The van der Waals surface area contributed by atoms with Crippen LogP contribution in [-0.4, -0.2) is 26.3 Å². The van der Waals surface area contributed by atoms with E-state index in [4.69, 9.17) is 0 Å². The molecule has 1 atom stereocenters. The lowest BCUT2D eigenvalue weighted by atomic mass is 10.3. The number of Topliss-reactive ketones (excluding diaryl/α,β-unsaturated/α-hetero) is 1. The van der Waals surface area contributed by atoms with Gasteiger partial charge in [-0.2, -0.15) is 17.9 Å². The molecule has 0 amide bonds. The maximum absolute atomic E-state index is 11.2. The summed E-state index contributed by atoms with van der Waals surface area (Å²) in [6.07, 6.45) is 1.77. The average Bonchev–Trinajstić information content (AvgIpc) is 2.69. The van der Waals surface area contributed by atoms with Crippen LogP contribution in [-0.2, 0) is 15.0 Å². The molecule has 0 saturated heterocycles. The summed E-state index contributed by atoms with van der Waals surface area (Å²) in [5.41, 5.74) is 0. The van der Waals surface area contributed by atoms with Crippen LogP contribution in [0, 0.1) is 0 Å². The molecule has 1 unspecified atom stereocenters. The van der Waals surface area contributed by atoms with Gasteiger partial charge in [0.25, 0.3) is 10.2 Å². The Balaban J connectivity index is 2.45. The summed E-state index contributed by atoms with van der Waals surface area (Å²) in [5, 5.41) is 0. The van der Waals surface area contributed by atoms with Crippen molar-refractivity contribution < 1.29 is 13.2 Å². The van der Waals surface area contributed by atoms with Crippen LogP contribution in [0.3, 0.4) is 0 Å². The molecular formula is C7H14N2O3S. The molecule has 1 aliphatic rings. The van der Waals surface area contributed by atoms with Gasteiger partial charge < -0.3 is 0 Å². The number of carbonyl (C=O) groups is 1. The fourth-order valence-corrected chi connectivity index (χ4v) is 2.14. The van der Waals surface area contributed by atoms with E-state index >= 15 is 0 Å². The highest BCUT2D eigenvalue weighted by Gasteiger charge is 2.28. The van der Waals surface area contributed by atoms with Gasteiger partial charge in [0.2, 0.25) is 0 Å². The molecule has 6 heteroatoms. The van der Waals surface area contributed by atoms with E-state index in [1.54, 1.807) is 0 Å². The first kappa shape index (κ1) is 10.6. The summed E-state index contributed by atoms with van der Waals surface area (Å²) < 4.78 is 27.1. The number of ketones is 1. The van der Waals surface area contributed by atoms with Gasteiger partial charge in [0.15, 0.2) is 0 Å². The van der Waals surface area contributed by atoms with Gasteiger partial charge in [-0.1, -0.05) is 0 Å². The Morgan fingerprint density at radius 2 is 2.00 bits per heavy atom. The Labute approximate surface area is 78.1 Å². The highest BCUT2D eigenvalue weighted by Crippen LogP contribution is 2.19. The molecule has 1 rings (SSSR count). The van der Waals surface area contributed by atoms with Gasteiger partial charge in [-0.15, -0.1) is 0 Å². The topological polar surface area (TPSA) is 75.3 Å². The molecule has 0 bridgehead atoms. The van der Waals surface area contributed by atoms with Crippen molar-refractivity contribution in [1.82, 2.24) is 9.44 Å². The van der Waals surface area contributed by atoms with Crippen LogP contribution in [0.15, 0.2) is 0 Å². The molecule has 5 nitrogen and oxygen atoms in total. The summed E-state index contributed by atoms with van der Waals surface area (Å²) in [6, 6.07) is -0.590. The minimum absolute atomic E-state index is 0.0664. The molecule has 0 aliphatic heterocycles. The quantitative estimate of drug-likeness (QED) is 0.639. The lowest BCUT2D eigenvalue weighted by Gasteiger charge is -2.11. The standard InChI is InChI=1S/C7H14N2O3S/c1-5(6(2)10)8-13(11,12)9-7-3-4-7/h5,7-9H,3-4H2,1-2H3. The Hall–Kier alpha value is -0.460. The largest absolute Gasteiger partial charge is 0.298 e. The molecule has 2 N–H and O–H groups in total. The summed E-state index contributed by atoms with van der Waals surface area (Å²) >= 11 is 0. The number of nitrogens with one attached hydrogen (secondary N) is 2. The Kier molecular flexibility index (Phi) is 3.05. The normalized spacial score (nSPS) is 19.8. The maximum atomic E-state index is 11.2. The monoisotopic (exact) mass is 206 g/mol. The molecule has 13 heavy (non-hydrogen) atoms. The summed E-state index contributed by atoms with van der Waals surface area (Å²) in [5.74, 6) is -0.193. The van der Waals surface area contributed by atoms with Crippen molar-refractivity contribution in [2.45, 2.75) is 38.8 Å².